The van der Waals surface area contributed by atoms with Crippen LogP contribution in [0.3, 0.4) is 0 Å². The highest BCUT2D eigenvalue weighted by molar-refractivity contribution is 5.38. The van der Waals surface area contributed by atoms with Crippen molar-refractivity contribution in [3.05, 3.63) is 24.7 Å². The molecule has 0 spiro atoms. The molecular weight excluding hydrogens is 178 g/mol. The number of rotatable bonds is 5. The Hall–Kier alpha value is -1.29. The molecule has 0 amide bonds. The van der Waals surface area contributed by atoms with Gasteiger partial charge < -0.3 is 15.0 Å². The first-order chi connectivity index (χ1) is 6.70. The van der Waals surface area contributed by atoms with Crippen LogP contribution in [0.4, 0.5) is 5.82 Å². The van der Waals surface area contributed by atoms with Crippen LogP contribution in [0, 0.1) is 0 Å². The molecule has 0 saturated heterocycles. The van der Waals surface area contributed by atoms with E-state index in [4.69, 9.17) is 10.5 Å². The smallest absolute Gasteiger partial charge is 0.127 e. The molecule has 2 N–H and O–H groups in total. The molecule has 4 nitrogen and oxygen atoms in total. The Bertz CT molecular complexity index is 306. The van der Waals surface area contributed by atoms with Crippen molar-refractivity contribution >= 4 is 5.82 Å². The van der Waals surface area contributed by atoms with Crippen molar-refractivity contribution in [2.75, 3.05) is 19.5 Å². The van der Waals surface area contributed by atoms with Gasteiger partial charge >= 0.3 is 0 Å². The number of allylic oxidation sites excluding steroid dienone is 1. The Labute approximate surface area is 84.4 Å². The van der Waals surface area contributed by atoms with E-state index in [0.29, 0.717) is 19.0 Å². The third-order valence-electron chi connectivity index (χ3n) is 2.12. The minimum atomic E-state index is 0.228. The van der Waals surface area contributed by atoms with Gasteiger partial charge in [0.05, 0.1) is 18.6 Å². The van der Waals surface area contributed by atoms with Crippen molar-refractivity contribution < 1.29 is 4.74 Å². The average Bonchev–Trinajstić information content (AvgIpc) is 2.49. The van der Waals surface area contributed by atoms with Crippen LogP contribution in [0.5, 0.6) is 0 Å². The lowest BCUT2D eigenvalue weighted by atomic mass is 10.1. The molecule has 1 aromatic rings. The fourth-order valence-electron chi connectivity index (χ4n) is 1.40. The summed E-state index contributed by atoms with van der Waals surface area (Å²) in [6.07, 6.45) is 3.53. The first-order valence-electron chi connectivity index (χ1n) is 4.61. The van der Waals surface area contributed by atoms with Gasteiger partial charge in [-0.1, -0.05) is 13.0 Å². The Morgan fingerprint density at radius 1 is 1.79 bits per heavy atom. The van der Waals surface area contributed by atoms with Gasteiger partial charge in [0.15, 0.2) is 0 Å². The van der Waals surface area contributed by atoms with Gasteiger partial charge in [0, 0.05) is 19.6 Å². The van der Waals surface area contributed by atoms with Gasteiger partial charge in [-0.25, -0.2) is 4.98 Å². The van der Waals surface area contributed by atoms with Crippen LogP contribution in [-0.2, 0) is 11.3 Å². The lowest BCUT2D eigenvalue weighted by molar-refractivity contribution is 0.183. The second-order valence-electron chi connectivity index (χ2n) is 3.31. The molecule has 1 heterocycles. The van der Waals surface area contributed by atoms with E-state index in [-0.39, 0.29) is 5.92 Å². The predicted molar refractivity (Wildman–Crippen MR) is 57.1 cm³/mol. The van der Waals surface area contributed by atoms with Crippen molar-refractivity contribution in [2.24, 2.45) is 0 Å². The minimum Gasteiger partial charge on any atom is -0.384 e. The normalized spacial score (nSPS) is 12.7. The highest BCUT2D eigenvalue weighted by Crippen LogP contribution is 2.20. The summed E-state index contributed by atoms with van der Waals surface area (Å²) in [6, 6.07) is 0. The Morgan fingerprint density at radius 3 is 3.07 bits per heavy atom. The van der Waals surface area contributed by atoms with Gasteiger partial charge in [-0.15, -0.1) is 6.58 Å². The minimum absolute atomic E-state index is 0.228. The van der Waals surface area contributed by atoms with E-state index in [0.717, 1.165) is 5.69 Å². The molecule has 0 aliphatic heterocycles. The lowest BCUT2D eigenvalue weighted by Gasteiger charge is -2.08. The van der Waals surface area contributed by atoms with E-state index in [9.17, 15) is 0 Å². The van der Waals surface area contributed by atoms with Gasteiger partial charge in [0.1, 0.15) is 5.82 Å². The number of nitrogens with two attached hydrogens (primary N) is 1. The fraction of sp³-hybridized carbons (Fsp3) is 0.500. The van der Waals surface area contributed by atoms with Gasteiger partial charge in [-0.2, -0.15) is 0 Å². The largest absolute Gasteiger partial charge is 0.384 e. The van der Waals surface area contributed by atoms with E-state index in [1.165, 1.54) is 0 Å². The molecule has 0 radical (unpaired) electrons. The number of hydrogen-bond acceptors (Lipinski definition) is 3. The number of imidazole rings is 1. The maximum Gasteiger partial charge on any atom is 0.127 e. The van der Waals surface area contributed by atoms with Gasteiger partial charge in [0.2, 0.25) is 0 Å². The zero-order chi connectivity index (χ0) is 10.6. The summed E-state index contributed by atoms with van der Waals surface area (Å²) in [5.41, 5.74) is 6.81. The van der Waals surface area contributed by atoms with Crippen LogP contribution >= 0.6 is 0 Å². The molecule has 0 aromatic carbocycles. The zero-order valence-corrected chi connectivity index (χ0v) is 8.73. The number of nitrogens with zero attached hydrogens (tertiary/aromatic N) is 2. The van der Waals surface area contributed by atoms with Crippen molar-refractivity contribution in [1.82, 2.24) is 9.55 Å². The number of nitrogen functional groups attached to an aromatic ring is 1. The Morgan fingerprint density at radius 2 is 2.50 bits per heavy atom. The van der Waals surface area contributed by atoms with Crippen LogP contribution in [-0.4, -0.2) is 23.3 Å². The quantitative estimate of drug-likeness (QED) is 0.722. The van der Waals surface area contributed by atoms with Crippen molar-refractivity contribution in [3.63, 3.8) is 0 Å². The maximum atomic E-state index is 5.92. The maximum absolute atomic E-state index is 5.92. The van der Waals surface area contributed by atoms with Crippen molar-refractivity contribution in [2.45, 2.75) is 19.4 Å². The van der Waals surface area contributed by atoms with Gasteiger partial charge in [-0.05, 0) is 0 Å². The van der Waals surface area contributed by atoms with E-state index >= 15 is 0 Å². The first kappa shape index (κ1) is 10.8. The molecule has 78 valence electrons. The number of hydrogen-bond donors (Lipinski definition) is 1. The molecule has 4 heteroatoms. The number of ether oxygens (including phenoxy) is 1. The molecule has 14 heavy (non-hydrogen) atoms. The summed E-state index contributed by atoms with van der Waals surface area (Å²) in [6.45, 7) is 7.03. The highest BCUT2D eigenvalue weighted by atomic mass is 16.5. The number of methoxy groups -OCH3 is 1. The van der Waals surface area contributed by atoms with E-state index < -0.39 is 0 Å². The number of aromatic nitrogens is 2. The molecule has 1 rings (SSSR count). The second-order valence-corrected chi connectivity index (χ2v) is 3.31. The number of anilines is 1. The molecule has 0 aliphatic rings. The van der Waals surface area contributed by atoms with Crippen LogP contribution in [0.2, 0.25) is 0 Å². The van der Waals surface area contributed by atoms with Crippen molar-refractivity contribution in [1.29, 1.82) is 0 Å². The van der Waals surface area contributed by atoms with E-state index in [1.807, 2.05) is 11.5 Å². The zero-order valence-electron chi connectivity index (χ0n) is 8.73. The van der Waals surface area contributed by atoms with Crippen LogP contribution in [0.25, 0.3) is 0 Å². The average molecular weight is 195 g/mol. The van der Waals surface area contributed by atoms with Crippen LogP contribution < -0.4 is 5.73 Å². The lowest BCUT2D eigenvalue weighted by Crippen LogP contribution is -2.07. The monoisotopic (exact) mass is 195 g/mol. The summed E-state index contributed by atoms with van der Waals surface area (Å²) < 4.78 is 6.93. The molecule has 1 aromatic heterocycles. The van der Waals surface area contributed by atoms with Crippen LogP contribution in [0.1, 0.15) is 18.5 Å². The summed E-state index contributed by atoms with van der Waals surface area (Å²) >= 11 is 0. The Balaban J connectivity index is 2.82. The first-order valence-corrected chi connectivity index (χ1v) is 4.61. The summed E-state index contributed by atoms with van der Waals surface area (Å²) in [5.74, 6) is 0.931. The van der Waals surface area contributed by atoms with E-state index in [1.54, 1.807) is 19.5 Å². The molecule has 0 aliphatic carbocycles. The van der Waals surface area contributed by atoms with E-state index in [2.05, 4.69) is 11.6 Å². The third kappa shape index (κ3) is 2.14. The summed E-state index contributed by atoms with van der Waals surface area (Å²) in [5, 5.41) is 0. The third-order valence-corrected chi connectivity index (χ3v) is 2.12. The molecule has 0 fully saturated rings. The molecule has 0 saturated carbocycles. The SMILES string of the molecule is C=CCn1cnc(C(C)COC)c1N. The fourth-order valence-corrected chi connectivity index (χ4v) is 1.40. The molecule has 1 unspecified atom stereocenters. The van der Waals surface area contributed by atoms with Gasteiger partial charge in [-0.3, -0.25) is 0 Å². The Kier molecular flexibility index (Phi) is 3.71. The highest BCUT2D eigenvalue weighted by Gasteiger charge is 2.13. The molecule has 1 atom stereocenters. The summed E-state index contributed by atoms with van der Waals surface area (Å²) in [7, 11) is 1.67. The molecular formula is C10H17N3O. The van der Waals surface area contributed by atoms with Crippen molar-refractivity contribution in [3.8, 4) is 0 Å². The molecule has 0 bridgehead atoms. The van der Waals surface area contributed by atoms with Gasteiger partial charge in [0.25, 0.3) is 0 Å². The predicted octanol–water partition coefficient (Wildman–Crippen LogP) is 1.40. The van der Waals surface area contributed by atoms with Crippen LogP contribution in [0.15, 0.2) is 19.0 Å². The summed E-state index contributed by atoms with van der Waals surface area (Å²) in [4.78, 5) is 4.26. The topological polar surface area (TPSA) is 53.1 Å². The second kappa shape index (κ2) is 4.81. The standard InChI is InChI=1S/C10H17N3O/c1-4-5-13-7-12-9(10(13)11)8(2)6-14-3/h4,7-8H,1,5-6,11H2,2-3H3.